The minimum absolute atomic E-state index is 0.292. The smallest absolute Gasteiger partial charge is 0.328 e. The molecule has 1 aromatic carbocycles. The van der Waals surface area contributed by atoms with Crippen LogP contribution in [0, 0.1) is 5.82 Å². The zero-order valence-corrected chi connectivity index (χ0v) is 12.3. The summed E-state index contributed by atoms with van der Waals surface area (Å²) in [4.78, 5) is 12.6. The molecular formula is C16H22FNO2. The topological polar surface area (TPSA) is 40.5 Å². The van der Waals surface area contributed by atoms with Crippen LogP contribution in [0.5, 0.6) is 0 Å². The van der Waals surface area contributed by atoms with E-state index >= 15 is 0 Å². The fourth-order valence-corrected chi connectivity index (χ4v) is 1.99. The van der Waals surface area contributed by atoms with E-state index in [2.05, 4.69) is 25.7 Å². The largest absolute Gasteiger partial charge is 0.478 e. The van der Waals surface area contributed by atoms with Gasteiger partial charge >= 0.3 is 5.97 Å². The van der Waals surface area contributed by atoms with Crippen molar-refractivity contribution in [3.05, 3.63) is 41.2 Å². The normalized spacial score (nSPS) is 11.7. The highest BCUT2D eigenvalue weighted by atomic mass is 19.1. The summed E-state index contributed by atoms with van der Waals surface area (Å²) < 4.78 is 14.0. The van der Waals surface area contributed by atoms with Crippen molar-refractivity contribution < 1.29 is 14.3 Å². The van der Waals surface area contributed by atoms with Crippen LogP contribution in [0.25, 0.3) is 6.08 Å². The van der Waals surface area contributed by atoms with Crippen molar-refractivity contribution in [2.75, 3.05) is 6.54 Å². The van der Waals surface area contributed by atoms with Crippen molar-refractivity contribution in [1.82, 2.24) is 4.90 Å². The Morgan fingerprint density at radius 3 is 2.65 bits per heavy atom. The second kappa shape index (κ2) is 7.80. The molecule has 0 heterocycles. The van der Waals surface area contributed by atoms with Crippen molar-refractivity contribution in [2.45, 2.75) is 39.8 Å². The Morgan fingerprint density at radius 2 is 2.15 bits per heavy atom. The van der Waals surface area contributed by atoms with E-state index in [1.807, 2.05) is 0 Å². The lowest BCUT2D eigenvalue weighted by Crippen LogP contribution is -2.31. The predicted molar refractivity (Wildman–Crippen MR) is 78.9 cm³/mol. The van der Waals surface area contributed by atoms with Gasteiger partial charge in [-0.15, -0.1) is 0 Å². The quantitative estimate of drug-likeness (QED) is 0.776. The van der Waals surface area contributed by atoms with E-state index in [1.54, 1.807) is 12.1 Å². The molecule has 0 fully saturated rings. The molecule has 1 rings (SSSR count). The molecule has 0 aromatic heterocycles. The molecule has 0 aliphatic heterocycles. The molecule has 0 amide bonds. The number of carboxylic acid groups (broad SMARTS) is 1. The summed E-state index contributed by atoms with van der Waals surface area (Å²) >= 11 is 0. The summed E-state index contributed by atoms with van der Waals surface area (Å²) in [5.41, 5.74) is 1.19. The lowest BCUT2D eigenvalue weighted by atomic mass is 10.1. The Labute approximate surface area is 119 Å². The Balaban J connectivity index is 2.84. The third-order valence-electron chi connectivity index (χ3n) is 3.11. The summed E-state index contributed by atoms with van der Waals surface area (Å²) in [5.74, 6) is -1.33. The van der Waals surface area contributed by atoms with Gasteiger partial charge in [0.15, 0.2) is 0 Å². The fourth-order valence-electron chi connectivity index (χ4n) is 1.99. The molecule has 3 nitrogen and oxygen atoms in total. The first-order valence-electron chi connectivity index (χ1n) is 6.87. The van der Waals surface area contributed by atoms with Crippen LogP contribution in [0.3, 0.4) is 0 Å². The first kappa shape index (κ1) is 16.4. The number of carbonyl (C=O) groups is 1. The molecular weight excluding hydrogens is 257 g/mol. The van der Waals surface area contributed by atoms with Gasteiger partial charge in [-0.3, -0.25) is 4.90 Å². The van der Waals surface area contributed by atoms with Crippen LogP contribution < -0.4 is 0 Å². The van der Waals surface area contributed by atoms with E-state index in [9.17, 15) is 9.18 Å². The van der Waals surface area contributed by atoms with Gasteiger partial charge in [0.1, 0.15) is 5.82 Å². The molecule has 1 N–H and O–H groups in total. The molecule has 0 saturated carbocycles. The SMILES string of the molecule is CCCN(Cc1ccc(C=CC(=O)O)cc1F)C(C)C. The lowest BCUT2D eigenvalue weighted by molar-refractivity contribution is -0.131. The monoisotopic (exact) mass is 279 g/mol. The van der Waals surface area contributed by atoms with Crippen LogP contribution in [0.1, 0.15) is 38.3 Å². The molecule has 0 unspecified atom stereocenters. The van der Waals surface area contributed by atoms with Gasteiger partial charge in [0.05, 0.1) is 0 Å². The van der Waals surface area contributed by atoms with Crippen molar-refractivity contribution in [3.63, 3.8) is 0 Å². The number of rotatable bonds is 7. The molecule has 0 saturated heterocycles. The van der Waals surface area contributed by atoms with E-state index in [-0.39, 0.29) is 5.82 Å². The van der Waals surface area contributed by atoms with Gasteiger partial charge in [-0.1, -0.05) is 19.1 Å². The average molecular weight is 279 g/mol. The molecule has 4 heteroatoms. The zero-order chi connectivity index (χ0) is 15.1. The maximum atomic E-state index is 14.0. The maximum Gasteiger partial charge on any atom is 0.328 e. The van der Waals surface area contributed by atoms with Gasteiger partial charge < -0.3 is 5.11 Å². The first-order valence-corrected chi connectivity index (χ1v) is 6.87. The standard InChI is InChI=1S/C16H22FNO2/c1-4-9-18(12(2)3)11-14-7-5-13(10-15(14)17)6-8-16(19)20/h5-8,10,12H,4,9,11H2,1-3H3,(H,19,20). The molecule has 0 aliphatic carbocycles. The molecule has 0 aliphatic rings. The van der Waals surface area contributed by atoms with Crippen molar-refractivity contribution in [2.24, 2.45) is 0 Å². The van der Waals surface area contributed by atoms with Gasteiger partial charge in [-0.2, -0.15) is 0 Å². The Hall–Kier alpha value is -1.68. The predicted octanol–water partition coefficient (Wildman–Crippen LogP) is 3.54. The van der Waals surface area contributed by atoms with E-state index < -0.39 is 5.97 Å². The lowest BCUT2D eigenvalue weighted by Gasteiger charge is -2.26. The number of aliphatic carboxylic acids is 1. The number of benzene rings is 1. The number of nitrogens with zero attached hydrogens (tertiary/aromatic N) is 1. The van der Waals surface area contributed by atoms with Crippen LogP contribution in [0.15, 0.2) is 24.3 Å². The van der Waals surface area contributed by atoms with Gasteiger partial charge in [-0.25, -0.2) is 9.18 Å². The zero-order valence-electron chi connectivity index (χ0n) is 12.3. The number of halogens is 1. The van der Waals surface area contributed by atoms with Crippen LogP contribution in [0.4, 0.5) is 4.39 Å². The molecule has 20 heavy (non-hydrogen) atoms. The van der Waals surface area contributed by atoms with E-state index in [4.69, 9.17) is 5.11 Å². The van der Waals surface area contributed by atoms with Gasteiger partial charge in [0.2, 0.25) is 0 Å². The minimum Gasteiger partial charge on any atom is -0.478 e. The van der Waals surface area contributed by atoms with Crippen LogP contribution in [0.2, 0.25) is 0 Å². The van der Waals surface area contributed by atoms with Crippen molar-refractivity contribution in [3.8, 4) is 0 Å². The second-order valence-corrected chi connectivity index (χ2v) is 5.09. The summed E-state index contributed by atoms with van der Waals surface area (Å²) in [6, 6.07) is 5.20. The van der Waals surface area contributed by atoms with E-state index in [0.717, 1.165) is 19.0 Å². The molecule has 0 bridgehead atoms. The van der Waals surface area contributed by atoms with Crippen LogP contribution >= 0.6 is 0 Å². The second-order valence-electron chi connectivity index (χ2n) is 5.09. The summed E-state index contributed by atoms with van der Waals surface area (Å²) in [6.45, 7) is 7.79. The number of carboxylic acids is 1. The van der Waals surface area contributed by atoms with Gasteiger partial charge in [0, 0.05) is 24.2 Å². The molecule has 0 spiro atoms. The number of hydrogen-bond donors (Lipinski definition) is 1. The van der Waals surface area contributed by atoms with Gasteiger partial charge in [0.25, 0.3) is 0 Å². The molecule has 0 atom stereocenters. The maximum absolute atomic E-state index is 14.0. The summed E-state index contributed by atoms with van der Waals surface area (Å²) in [7, 11) is 0. The third kappa shape index (κ3) is 5.13. The highest BCUT2D eigenvalue weighted by Gasteiger charge is 2.12. The van der Waals surface area contributed by atoms with Crippen LogP contribution in [-0.4, -0.2) is 28.6 Å². The van der Waals surface area contributed by atoms with Crippen molar-refractivity contribution >= 4 is 12.0 Å². The Morgan fingerprint density at radius 1 is 1.45 bits per heavy atom. The summed E-state index contributed by atoms with van der Waals surface area (Å²) in [6.07, 6.45) is 3.42. The molecule has 110 valence electrons. The van der Waals surface area contributed by atoms with Crippen LogP contribution in [-0.2, 0) is 11.3 Å². The number of hydrogen-bond acceptors (Lipinski definition) is 2. The Bertz CT molecular complexity index is 483. The summed E-state index contributed by atoms with van der Waals surface area (Å²) in [5, 5.41) is 8.55. The fraction of sp³-hybridized carbons (Fsp3) is 0.438. The minimum atomic E-state index is -1.04. The first-order chi connectivity index (χ1) is 9.43. The van der Waals surface area contributed by atoms with E-state index in [1.165, 1.54) is 12.1 Å². The molecule has 0 radical (unpaired) electrons. The van der Waals surface area contributed by atoms with E-state index in [0.29, 0.717) is 23.7 Å². The Kier molecular flexibility index (Phi) is 6.39. The average Bonchev–Trinajstić information content (AvgIpc) is 2.38. The van der Waals surface area contributed by atoms with Gasteiger partial charge in [-0.05, 0) is 44.5 Å². The van der Waals surface area contributed by atoms with Crippen molar-refractivity contribution in [1.29, 1.82) is 0 Å². The highest BCUT2D eigenvalue weighted by molar-refractivity contribution is 5.85. The third-order valence-corrected chi connectivity index (χ3v) is 3.11. The molecule has 1 aromatic rings. The highest BCUT2D eigenvalue weighted by Crippen LogP contribution is 2.15.